The monoisotopic (exact) mass is 360 g/mol. The number of amides is 1. The first-order valence-electron chi connectivity index (χ1n) is 7.22. The van der Waals surface area contributed by atoms with Gasteiger partial charge in [-0.2, -0.15) is 0 Å². The highest BCUT2D eigenvalue weighted by atomic mass is 32.1. The minimum Gasteiger partial charge on any atom is -0.507 e. The Morgan fingerprint density at radius 2 is 1.96 bits per heavy atom. The third-order valence-corrected chi connectivity index (χ3v) is 3.30. The molecule has 8 heteroatoms. The third-order valence-electron chi connectivity index (χ3n) is 3.10. The smallest absolute Gasteiger partial charge is 0.339 e. The molecule has 2 aromatic rings. The molecule has 130 valence electrons. The molecule has 0 aliphatic rings. The number of anilines is 1. The number of thiocarbonyl (C=S) groups is 1. The van der Waals surface area contributed by atoms with Crippen LogP contribution in [0, 0.1) is 6.92 Å². The molecule has 4 N–H and O–H groups in total. The summed E-state index contributed by atoms with van der Waals surface area (Å²) < 4.78 is 5.36. The topological polar surface area (TPSA) is 108 Å². The van der Waals surface area contributed by atoms with Crippen LogP contribution in [0.25, 0.3) is 0 Å². The minimum absolute atomic E-state index is 0.0140. The molecule has 0 saturated carbocycles. The summed E-state index contributed by atoms with van der Waals surface area (Å²) in [5.41, 5.74) is 1.05. The molecule has 0 fully saturated rings. The molecule has 0 spiro atoms. The van der Waals surface area contributed by atoms with E-state index in [2.05, 4.69) is 10.6 Å². The number of phenols is 1. The van der Waals surface area contributed by atoms with Crippen molar-refractivity contribution in [3.05, 3.63) is 53.6 Å². The van der Waals surface area contributed by atoms with E-state index in [0.29, 0.717) is 11.4 Å². The number of ether oxygens (including phenoxy) is 1. The van der Waals surface area contributed by atoms with Gasteiger partial charge < -0.3 is 20.3 Å². The average Bonchev–Trinajstić information content (AvgIpc) is 2.54. The second kappa shape index (κ2) is 8.11. The number of carbonyl (C=O) groups excluding carboxylic acids is 1. The number of hydrogen-bond donors (Lipinski definition) is 4. The van der Waals surface area contributed by atoms with Crippen molar-refractivity contribution < 1.29 is 24.5 Å². The maximum absolute atomic E-state index is 11.8. The summed E-state index contributed by atoms with van der Waals surface area (Å²) in [7, 11) is 0. The van der Waals surface area contributed by atoms with E-state index in [1.54, 1.807) is 12.1 Å². The summed E-state index contributed by atoms with van der Waals surface area (Å²) in [5, 5.41) is 23.5. The van der Waals surface area contributed by atoms with Gasteiger partial charge >= 0.3 is 5.97 Å². The molecule has 2 rings (SSSR count). The normalized spacial score (nSPS) is 9.96. The lowest BCUT2D eigenvalue weighted by molar-refractivity contribution is -0.121. The Balaban J connectivity index is 1.88. The van der Waals surface area contributed by atoms with Gasteiger partial charge in [-0.1, -0.05) is 12.1 Å². The van der Waals surface area contributed by atoms with E-state index >= 15 is 0 Å². The molecule has 0 aliphatic heterocycles. The van der Waals surface area contributed by atoms with E-state index in [1.165, 1.54) is 18.2 Å². The van der Waals surface area contributed by atoms with Gasteiger partial charge in [0.25, 0.3) is 5.91 Å². The van der Waals surface area contributed by atoms with Gasteiger partial charge in [-0.15, -0.1) is 0 Å². The first-order valence-corrected chi connectivity index (χ1v) is 7.62. The molecule has 25 heavy (non-hydrogen) atoms. The molecule has 0 radical (unpaired) electrons. The van der Waals surface area contributed by atoms with E-state index in [4.69, 9.17) is 22.1 Å². The van der Waals surface area contributed by atoms with Crippen molar-refractivity contribution in [1.29, 1.82) is 0 Å². The Morgan fingerprint density at radius 3 is 2.64 bits per heavy atom. The molecule has 0 aromatic heterocycles. The highest BCUT2D eigenvalue weighted by Crippen LogP contribution is 2.21. The summed E-state index contributed by atoms with van der Waals surface area (Å²) in [6, 6.07) is 11.1. The predicted octanol–water partition coefficient (Wildman–Crippen LogP) is 2.29. The highest BCUT2D eigenvalue weighted by molar-refractivity contribution is 7.80. The number of aryl methyl sites for hydroxylation is 1. The van der Waals surface area contributed by atoms with Crippen LogP contribution < -0.4 is 15.4 Å². The Hall–Kier alpha value is -3.13. The van der Waals surface area contributed by atoms with Crippen LogP contribution in [-0.2, 0) is 4.79 Å². The molecule has 1 amide bonds. The Bertz CT molecular complexity index is 822. The number of carbonyl (C=O) groups is 2. The third kappa shape index (κ3) is 5.47. The van der Waals surface area contributed by atoms with E-state index in [-0.39, 0.29) is 23.0 Å². The zero-order valence-corrected chi connectivity index (χ0v) is 14.1. The van der Waals surface area contributed by atoms with Gasteiger partial charge in [0.1, 0.15) is 17.1 Å². The Kier molecular flexibility index (Phi) is 5.91. The summed E-state index contributed by atoms with van der Waals surface area (Å²) in [6.45, 7) is 1.69. The zero-order valence-electron chi connectivity index (χ0n) is 13.3. The largest absolute Gasteiger partial charge is 0.507 e. The van der Waals surface area contributed by atoms with Crippen molar-refractivity contribution in [2.24, 2.45) is 0 Å². The van der Waals surface area contributed by atoms with Crippen LogP contribution in [0.3, 0.4) is 0 Å². The standard InChI is InChI=1S/C17H16N2O5S/c1-10-3-2-4-12(7-10)24-9-15(21)19-17(25)18-11-5-6-14(20)13(8-11)16(22)23/h2-8,20H,9H2,1H3,(H,22,23)(H2,18,19,21,25). The predicted molar refractivity (Wildman–Crippen MR) is 96.1 cm³/mol. The van der Waals surface area contributed by atoms with Gasteiger partial charge in [0, 0.05) is 5.69 Å². The second-order valence-corrected chi connectivity index (χ2v) is 5.55. The Morgan fingerprint density at radius 1 is 1.20 bits per heavy atom. The number of aromatic hydroxyl groups is 1. The van der Waals surface area contributed by atoms with Crippen LogP contribution in [0.5, 0.6) is 11.5 Å². The molecule has 0 atom stereocenters. The van der Waals surface area contributed by atoms with Crippen LogP contribution in [0.2, 0.25) is 0 Å². The van der Waals surface area contributed by atoms with Crippen molar-refractivity contribution >= 4 is 34.9 Å². The fourth-order valence-electron chi connectivity index (χ4n) is 1.96. The summed E-state index contributed by atoms with van der Waals surface area (Å²) in [5.74, 6) is -1.53. The maximum Gasteiger partial charge on any atom is 0.339 e. The fraction of sp³-hybridized carbons (Fsp3) is 0.118. The lowest BCUT2D eigenvalue weighted by atomic mass is 10.2. The van der Waals surface area contributed by atoms with E-state index in [9.17, 15) is 14.7 Å². The molecule has 0 saturated heterocycles. The molecule has 0 heterocycles. The number of rotatable bonds is 5. The maximum atomic E-state index is 11.8. The van der Waals surface area contributed by atoms with Crippen molar-refractivity contribution in [2.45, 2.75) is 6.92 Å². The molecular weight excluding hydrogens is 344 g/mol. The first-order chi connectivity index (χ1) is 11.8. The first kappa shape index (κ1) is 18.2. The van der Waals surface area contributed by atoms with Crippen molar-refractivity contribution in [3.8, 4) is 11.5 Å². The van der Waals surface area contributed by atoms with Crippen LogP contribution in [0.15, 0.2) is 42.5 Å². The van der Waals surface area contributed by atoms with Crippen LogP contribution >= 0.6 is 12.2 Å². The molecule has 7 nitrogen and oxygen atoms in total. The number of nitrogens with one attached hydrogen (secondary N) is 2. The number of benzene rings is 2. The lowest BCUT2D eigenvalue weighted by Crippen LogP contribution is -2.37. The number of carboxylic acids is 1. The fourth-order valence-corrected chi connectivity index (χ4v) is 2.20. The summed E-state index contributed by atoms with van der Waals surface area (Å²) >= 11 is 5.00. The zero-order chi connectivity index (χ0) is 18.4. The number of carboxylic acid groups (broad SMARTS) is 1. The van der Waals surface area contributed by atoms with Crippen LogP contribution in [-0.4, -0.2) is 33.8 Å². The lowest BCUT2D eigenvalue weighted by Gasteiger charge is -2.11. The quantitative estimate of drug-likeness (QED) is 0.479. The van der Waals surface area contributed by atoms with Gasteiger partial charge in [-0.05, 0) is 55.0 Å². The van der Waals surface area contributed by atoms with Crippen molar-refractivity contribution in [2.75, 3.05) is 11.9 Å². The molecule has 0 unspecified atom stereocenters. The summed E-state index contributed by atoms with van der Waals surface area (Å²) in [4.78, 5) is 22.8. The van der Waals surface area contributed by atoms with E-state index in [1.807, 2.05) is 19.1 Å². The minimum atomic E-state index is -1.28. The molecule has 0 aliphatic carbocycles. The van der Waals surface area contributed by atoms with Gasteiger partial charge in [0.2, 0.25) is 0 Å². The van der Waals surface area contributed by atoms with Crippen molar-refractivity contribution in [3.63, 3.8) is 0 Å². The van der Waals surface area contributed by atoms with Crippen LogP contribution in [0.1, 0.15) is 15.9 Å². The summed E-state index contributed by atoms with van der Waals surface area (Å²) in [6.07, 6.45) is 0. The van der Waals surface area contributed by atoms with Gasteiger partial charge in [0.15, 0.2) is 11.7 Å². The van der Waals surface area contributed by atoms with E-state index < -0.39 is 11.9 Å². The van der Waals surface area contributed by atoms with Crippen molar-refractivity contribution in [1.82, 2.24) is 5.32 Å². The number of hydrogen-bond acceptors (Lipinski definition) is 5. The Labute approximate surface area is 149 Å². The van der Waals surface area contributed by atoms with Gasteiger partial charge in [-0.3, -0.25) is 10.1 Å². The van der Waals surface area contributed by atoms with Crippen LogP contribution in [0.4, 0.5) is 5.69 Å². The second-order valence-electron chi connectivity index (χ2n) is 5.14. The molecule has 2 aromatic carbocycles. The van der Waals surface area contributed by atoms with E-state index in [0.717, 1.165) is 5.56 Å². The molecule has 0 bridgehead atoms. The average molecular weight is 360 g/mol. The SMILES string of the molecule is Cc1cccc(OCC(=O)NC(=S)Nc2ccc(O)c(C(=O)O)c2)c1. The highest BCUT2D eigenvalue weighted by Gasteiger charge is 2.11. The van der Waals surface area contributed by atoms with Gasteiger partial charge in [-0.25, -0.2) is 4.79 Å². The van der Waals surface area contributed by atoms with Gasteiger partial charge in [0.05, 0.1) is 0 Å². The number of aromatic carboxylic acids is 1. The molecular formula is C17H16N2O5S.